The fourth-order valence-corrected chi connectivity index (χ4v) is 2.40. The Bertz CT molecular complexity index is 701. The minimum absolute atomic E-state index is 0.0138. The van der Waals surface area contributed by atoms with Crippen LogP contribution in [-0.4, -0.2) is 10.8 Å². The summed E-state index contributed by atoms with van der Waals surface area (Å²) >= 11 is 3.36. The van der Waals surface area contributed by atoms with Gasteiger partial charge in [-0.2, -0.15) is 0 Å². The van der Waals surface area contributed by atoms with E-state index in [-0.39, 0.29) is 18.0 Å². The van der Waals surface area contributed by atoms with E-state index in [1.54, 1.807) is 12.1 Å². The predicted molar refractivity (Wildman–Crippen MR) is 84.3 cm³/mol. The molecule has 108 valence electrons. The molecule has 0 unspecified atom stereocenters. The second kappa shape index (κ2) is 6.49. The van der Waals surface area contributed by atoms with E-state index in [0.29, 0.717) is 5.56 Å². The van der Waals surface area contributed by atoms with Gasteiger partial charge in [0.1, 0.15) is 0 Å². The summed E-state index contributed by atoms with van der Waals surface area (Å²) in [4.78, 5) is 22.2. The van der Waals surface area contributed by atoms with Crippen molar-refractivity contribution in [2.75, 3.05) is 5.32 Å². The molecule has 0 fully saturated rings. The fraction of sp³-hybridized carbons (Fsp3) is 0.133. The van der Waals surface area contributed by atoms with Crippen LogP contribution in [0.2, 0.25) is 0 Å². The van der Waals surface area contributed by atoms with Crippen LogP contribution in [0.1, 0.15) is 11.1 Å². The second-order valence-corrected chi connectivity index (χ2v) is 5.53. The van der Waals surface area contributed by atoms with Crippen LogP contribution in [-0.2, 0) is 11.2 Å². The molecular formula is C15H13BrN2O3. The number of hydrogen-bond acceptors (Lipinski definition) is 3. The highest BCUT2D eigenvalue weighted by Crippen LogP contribution is 2.20. The number of nitrogens with one attached hydrogen (secondary N) is 1. The van der Waals surface area contributed by atoms with Gasteiger partial charge in [-0.3, -0.25) is 14.9 Å². The molecule has 21 heavy (non-hydrogen) atoms. The molecule has 0 bridgehead atoms. The Morgan fingerprint density at radius 1 is 1.29 bits per heavy atom. The van der Waals surface area contributed by atoms with Crippen LogP contribution in [0, 0.1) is 17.0 Å². The normalized spacial score (nSPS) is 10.2. The molecule has 2 aromatic carbocycles. The van der Waals surface area contributed by atoms with E-state index in [1.807, 2.05) is 25.1 Å². The molecule has 0 aliphatic carbocycles. The van der Waals surface area contributed by atoms with Crippen molar-refractivity contribution in [3.63, 3.8) is 0 Å². The number of anilines is 1. The summed E-state index contributed by atoms with van der Waals surface area (Å²) in [6, 6.07) is 11.6. The van der Waals surface area contributed by atoms with Crippen LogP contribution < -0.4 is 5.32 Å². The Hall–Kier alpha value is -2.21. The van der Waals surface area contributed by atoms with Crippen molar-refractivity contribution in [3.05, 3.63) is 68.2 Å². The third-order valence-electron chi connectivity index (χ3n) is 2.95. The van der Waals surface area contributed by atoms with Crippen LogP contribution in [0.15, 0.2) is 46.9 Å². The molecule has 0 aliphatic heterocycles. The van der Waals surface area contributed by atoms with E-state index in [4.69, 9.17) is 0 Å². The monoisotopic (exact) mass is 348 g/mol. The number of amides is 1. The number of carbonyl (C=O) groups excluding carboxylic acids is 1. The van der Waals surface area contributed by atoms with E-state index in [0.717, 1.165) is 15.7 Å². The van der Waals surface area contributed by atoms with Gasteiger partial charge in [0.25, 0.3) is 5.69 Å². The zero-order valence-electron chi connectivity index (χ0n) is 11.3. The van der Waals surface area contributed by atoms with E-state index >= 15 is 0 Å². The zero-order valence-corrected chi connectivity index (χ0v) is 12.9. The molecule has 5 nitrogen and oxygen atoms in total. The first-order chi connectivity index (χ1) is 9.95. The summed E-state index contributed by atoms with van der Waals surface area (Å²) in [6.07, 6.45) is 0.0944. The molecule has 2 rings (SSSR count). The van der Waals surface area contributed by atoms with Gasteiger partial charge >= 0.3 is 0 Å². The van der Waals surface area contributed by atoms with Crippen molar-refractivity contribution >= 4 is 33.2 Å². The molecule has 0 saturated carbocycles. The molecule has 6 heteroatoms. The molecule has 0 saturated heterocycles. The summed E-state index contributed by atoms with van der Waals surface area (Å²) in [5.74, 6) is -0.207. The lowest BCUT2D eigenvalue weighted by atomic mass is 10.1. The van der Waals surface area contributed by atoms with Gasteiger partial charge in [0.2, 0.25) is 5.91 Å². The topological polar surface area (TPSA) is 72.2 Å². The number of carbonyl (C=O) groups is 1. The van der Waals surface area contributed by atoms with E-state index in [2.05, 4.69) is 21.2 Å². The van der Waals surface area contributed by atoms with Gasteiger partial charge < -0.3 is 5.32 Å². The van der Waals surface area contributed by atoms with Gasteiger partial charge in [-0.25, -0.2) is 0 Å². The Kier molecular flexibility index (Phi) is 4.70. The third kappa shape index (κ3) is 4.13. The molecule has 0 atom stereocenters. The molecule has 0 spiro atoms. The molecule has 0 aromatic heterocycles. The second-order valence-electron chi connectivity index (χ2n) is 4.61. The first-order valence-electron chi connectivity index (χ1n) is 6.25. The fourth-order valence-electron chi connectivity index (χ4n) is 1.93. The Morgan fingerprint density at radius 3 is 2.71 bits per heavy atom. The number of benzene rings is 2. The van der Waals surface area contributed by atoms with Gasteiger partial charge in [0, 0.05) is 22.3 Å². The maximum atomic E-state index is 12.0. The van der Waals surface area contributed by atoms with E-state index in [1.165, 1.54) is 12.1 Å². The molecule has 0 heterocycles. The lowest BCUT2D eigenvalue weighted by Gasteiger charge is -2.08. The summed E-state index contributed by atoms with van der Waals surface area (Å²) in [6.45, 7) is 1.90. The molecule has 0 aliphatic rings. The molecular weight excluding hydrogens is 336 g/mol. The number of aryl methyl sites for hydroxylation is 1. The van der Waals surface area contributed by atoms with Gasteiger partial charge in [-0.15, -0.1) is 0 Å². The lowest BCUT2D eigenvalue weighted by Crippen LogP contribution is -2.15. The third-order valence-corrected chi connectivity index (χ3v) is 3.44. The number of hydrogen-bond donors (Lipinski definition) is 1. The minimum atomic E-state index is -0.472. The van der Waals surface area contributed by atoms with Crippen molar-refractivity contribution in [2.24, 2.45) is 0 Å². The highest BCUT2D eigenvalue weighted by atomic mass is 79.9. The van der Waals surface area contributed by atoms with Crippen molar-refractivity contribution in [3.8, 4) is 0 Å². The first-order valence-corrected chi connectivity index (χ1v) is 7.04. The zero-order chi connectivity index (χ0) is 15.4. The number of rotatable bonds is 4. The maximum Gasteiger partial charge on any atom is 0.269 e. The Morgan fingerprint density at radius 2 is 2.05 bits per heavy atom. The van der Waals surface area contributed by atoms with Crippen LogP contribution in [0.3, 0.4) is 0 Å². The quantitative estimate of drug-likeness (QED) is 0.673. The smallest absolute Gasteiger partial charge is 0.269 e. The molecule has 2 aromatic rings. The number of halogens is 1. The predicted octanol–water partition coefficient (Wildman–Crippen LogP) is 3.85. The van der Waals surface area contributed by atoms with Crippen molar-refractivity contribution in [1.29, 1.82) is 0 Å². The van der Waals surface area contributed by atoms with Gasteiger partial charge in [0.05, 0.1) is 11.3 Å². The number of non-ortho nitro benzene ring substituents is 1. The van der Waals surface area contributed by atoms with Crippen molar-refractivity contribution in [1.82, 2.24) is 0 Å². The van der Waals surface area contributed by atoms with Crippen molar-refractivity contribution in [2.45, 2.75) is 13.3 Å². The number of nitro groups is 1. The highest BCUT2D eigenvalue weighted by Gasteiger charge is 2.10. The van der Waals surface area contributed by atoms with Crippen LogP contribution >= 0.6 is 15.9 Å². The Balaban J connectivity index is 2.08. The average Bonchev–Trinajstić information content (AvgIpc) is 2.42. The summed E-state index contributed by atoms with van der Waals surface area (Å²) in [5, 5.41) is 13.5. The van der Waals surface area contributed by atoms with Crippen molar-refractivity contribution < 1.29 is 9.72 Å². The van der Waals surface area contributed by atoms with Gasteiger partial charge in [-0.1, -0.05) is 28.1 Å². The SMILES string of the molecule is Cc1cc(Br)ccc1NC(=O)Cc1cccc([N+](=O)[O-])c1. The Labute approximate surface area is 130 Å². The number of nitro benzene ring substituents is 1. The lowest BCUT2D eigenvalue weighted by molar-refractivity contribution is -0.384. The molecule has 1 amide bonds. The standard InChI is InChI=1S/C15H13BrN2O3/c1-10-7-12(16)5-6-14(10)17-15(19)9-11-3-2-4-13(8-11)18(20)21/h2-8H,9H2,1H3,(H,17,19). The first kappa shape index (κ1) is 15.2. The minimum Gasteiger partial charge on any atom is -0.326 e. The largest absolute Gasteiger partial charge is 0.326 e. The van der Waals surface area contributed by atoms with Gasteiger partial charge in [0.15, 0.2) is 0 Å². The maximum absolute atomic E-state index is 12.0. The average molecular weight is 349 g/mol. The highest BCUT2D eigenvalue weighted by molar-refractivity contribution is 9.10. The van der Waals surface area contributed by atoms with Crippen LogP contribution in [0.25, 0.3) is 0 Å². The summed E-state index contributed by atoms with van der Waals surface area (Å²) in [7, 11) is 0. The molecule has 1 N–H and O–H groups in total. The van der Waals surface area contributed by atoms with E-state index < -0.39 is 4.92 Å². The molecule has 0 radical (unpaired) electrons. The van der Waals surface area contributed by atoms with Crippen LogP contribution in [0.4, 0.5) is 11.4 Å². The van der Waals surface area contributed by atoms with Gasteiger partial charge in [-0.05, 0) is 36.2 Å². The van der Waals surface area contributed by atoms with Crippen LogP contribution in [0.5, 0.6) is 0 Å². The number of nitrogens with zero attached hydrogens (tertiary/aromatic N) is 1. The summed E-state index contributed by atoms with van der Waals surface area (Å²) in [5.41, 5.74) is 2.27. The summed E-state index contributed by atoms with van der Waals surface area (Å²) < 4.78 is 0.941. The van der Waals surface area contributed by atoms with E-state index in [9.17, 15) is 14.9 Å².